The van der Waals surface area contributed by atoms with Gasteiger partial charge in [-0.1, -0.05) is 19.1 Å². The predicted molar refractivity (Wildman–Crippen MR) is 82.0 cm³/mol. The van der Waals surface area contributed by atoms with Crippen LogP contribution in [0.5, 0.6) is 11.5 Å². The highest BCUT2D eigenvalue weighted by Crippen LogP contribution is 2.50. The summed E-state index contributed by atoms with van der Waals surface area (Å²) < 4.78 is 12.1. The Bertz CT molecular complexity index is 563. The molecule has 3 rings (SSSR count). The molecule has 5 heteroatoms. The average molecular weight is 292 g/mol. The lowest BCUT2D eigenvalue weighted by atomic mass is 9.81. The van der Waals surface area contributed by atoms with Gasteiger partial charge in [0.1, 0.15) is 0 Å². The first kappa shape index (κ1) is 13.5. The number of para-hydroxylation sites is 1. The van der Waals surface area contributed by atoms with E-state index >= 15 is 0 Å². The Morgan fingerprint density at radius 3 is 2.95 bits per heavy atom. The Hall–Kier alpha value is -1.49. The molecule has 2 aliphatic heterocycles. The van der Waals surface area contributed by atoms with Crippen LogP contribution in [0.2, 0.25) is 0 Å². The number of benzene rings is 1. The summed E-state index contributed by atoms with van der Waals surface area (Å²) >= 11 is 5.42. The molecule has 2 aliphatic rings. The molecule has 0 saturated carbocycles. The fourth-order valence-corrected chi connectivity index (χ4v) is 3.35. The maximum absolute atomic E-state index is 6.34. The van der Waals surface area contributed by atoms with E-state index in [1.807, 2.05) is 31.0 Å². The van der Waals surface area contributed by atoms with E-state index in [2.05, 4.69) is 25.2 Å². The van der Waals surface area contributed by atoms with Gasteiger partial charge in [0.15, 0.2) is 22.3 Å². The molecule has 0 radical (unpaired) electrons. The van der Waals surface area contributed by atoms with Crippen molar-refractivity contribution >= 4 is 17.3 Å². The highest BCUT2D eigenvalue weighted by Gasteiger charge is 2.52. The highest BCUT2D eigenvalue weighted by molar-refractivity contribution is 7.80. The summed E-state index contributed by atoms with van der Waals surface area (Å²) in [4.78, 5) is 2.00. The van der Waals surface area contributed by atoms with Gasteiger partial charge in [-0.05, 0) is 32.1 Å². The molecule has 108 valence electrons. The zero-order valence-corrected chi connectivity index (χ0v) is 13.1. The third-order valence-electron chi connectivity index (χ3n) is 4.55. The lowest BCUT2D eigenvalue weighted by molar-refractivity contribution is -0.101. The molecule has 20 heavy (non-hydrogen) atoms. The molecule has 3 atom stereocenters. The fraction of sp³-hybridized carbons (Fsp3) is 0.533. The smallest absolute Gasteiger partial charge is 0.186 e. The van der Waals surface area contributed by atoms with Gasteiger partial charge in [-0.2, -0.15) is 0 Å². The molecular weight excluding hydrogens is 272 g/mol. The van der Waals surface area contributed by atoms with Crippen molar-refractivity contribution in [1.82, 2.24) is 10.2 Å². The van der Waals surface area contributed by atoms with Crippen LogP contribution >= 0.6 is 12.2 Å². The molecule has 1 fully saturated rings. The highest BCUT2D eigenvalue weighted by atomic mass is 32.1. The maximum Gasteiger partial charge on any atom is 0.186 e. The molecule has 2 heterocycles. The van der Waals surface area contributed by atoms with Crippen molar-refractivity contribution in [3.05, 3.63) is 23.8 Å². The van der Waals surface area contributed by atoms with E-state index < -0.39 is 5.72 Å². The summed E-state index contributed by atoms with van der Waals surface area (Å²) in [7, 11) is 1.97. The van der Waals surface area contributed by atoms with Gasteiger partial charge in [-0.15, -0.1) is 0 Å². The summed E-state index contributed by atoms with van der Waals surface area (Å²) in [6, 6.07) is 6.20. The lowest BCUT2D eigenvalue weighted by Crippen LogP contribution is -2.67. The maximum atomic E-state index is 6.34. The van der Waals surface area contributed by atoms with Crippen LogP contribution in [0, 0.1) is 5.92 Å². The molecule has 1 saturated heterocycles. The molecular formula is C15H20N2O2S. The summed E-state index contributed by atoms with van der Waals surface area (Å²) in [6.45, 7) is 6.88. The molecule has 0 amide bonds. The normalized spacial score (nSPS) is 31.2. The second-order valence-corrected chi connectivity index (χ2v) is 5.93. The van der Waals surface area contributed by atoms with Crippen LogP contribution in [-0.2, 0) is 0 Å². The first-order valence-corrected chi connectivity index (χ1v) is 7.39. The molecule has 2 bridgehead atoms. The van der Waals surface area contributed by atoms with Gasteiger partial charge >= 0.3 is 0 Å². The van der Waals surface area contributed by atoms with Gasteiger partial charge < -0.3 is 19.7 Å². The van der Waals surface area contributed by atoms with Crippen molar-refractivity contribution in [3.8, 4) is 11.5 Å². The molecule has 3 unspecified atom stereocenters. The first-order valence-electron chi connectivity index (χ1n) is 6.98. The van der Waals surface area contributed by atoms with Gasteiger partial charge in [-0.25, -0.2) is 0 Å². The summed E-state index contributed by atoms with van der Waals surface area (Å²) in [5.74, 6) is 1.92. The van der Waals surface area contributed by atoms with Crippen molar-refractivity contribution < 1.29 is 9.47 Å². The summed E-state index contributed by atoms with van der Waals surface area (Å²) in [5, 5.41) is 4.14. The van der Waals surface area contributed by atoms with Gasteiger partial charge in [0.2, 0.25) is 0 Å². The van der Waals surface area contributed by atoms with E-state index in [9.17, 15) is 0 Å². The number of rotatable bonds is 2. The van der Waals surface area contributed by atoms with E-state index in [4.69, 9.17) is 21.7 Å². The Kier molecular flexibility index (Phi) is 3.05. The topological polar surface area (TPSA) is 33.7 Å². The van der Waals surface area contributed by atoms with Gasteiger partial charge in [0.05, 0.1) is 12.6 Å². The van der Waals surface area contributed by atoms with Crippen LogP contribution < -0.4 is 14.8 Å². The van der Waals surface area contributed by atoms with E-state index in [1.54, 1.807) is 0 Å². The molecule has 1 N–H and O–H groups in total. The van der Waals surface area contributed by atoms with Crippen LogP contribution in [0.25, 0.3) is 0 Å². The Balaban J connectivity index is 2.14. The largest absolute Gasteiger partial charge is 0.490 e. The number of nitrogens with one attached hydrogen (secondary N) is 1. The number of hydrogen-bond donors (Lipinski definition) is 1. The molecule has 0 aliphatic carbocycles. The minimum Gasteiger partial charge on any atom is -0.490 e. The van der Waals surface area contributed by atoms with Crippen LogP contribution in [0.1, 0.15) is 32.4 Å². The first-order chi connectivity index (χ1) is 9.49. The zero-order chi connectivity index (χ0) is 14.5. The second kappa shape index (κ2) is 4.52. The van der Waals surface area contributed by atoms with E-state index in [1.165, 1.54) is 0 Å². The Morgan fingerprint density at radius 1 is 1.50 bits per heavy atom. The number of thiocarbonyl (C=S) groups is 1. The lowest BCUT2D eigenvalue weighted by Gasteiger charge is -2.55. The Labute approximate surface area is 125 Å². The molecule has 0 spiro atoms. The van der Waals surface area contributed by atoms with Crippen LogP contribution in [-0.4, -0.2) is 29.4 Å². The number of ether oxygens (including phenoxy) is 2. The summed E-state index contributed by atoms with van der Waals surface area (Å²) in [5.41, 5.74) is 0.670. The third kappa shape index (κ3) is 1.69. The van der Waals surface area contributed by atoms with Crippen molar-refractivity contribution in [2.45, 2.75) is 32.5 Å². The minimum atomic E-state index is -0.451. The van der Waals surface area contributed by atoms with E-state index in [0.717, 1.165) is 22.2 Å². The van der Waals surface area contributed by atoms with Gasteiger partial charge in [-0.3, -0.25) is 0 Å². The van der Waals surface area contributed by atoms with Gasteiger partial charge in [0.25, 0.3) is 0 Å². The minimum absolute atomic E-state index is 0.160. The molecule has 1 aromatic carbocycles. The SMILES string of the molecule is CCOc1cccc2c1OC1(C)C(C)C2NC(=S)N1C. The number of fused-ring (bicyclic) bond motifs is 4. The monoisotopic (exact) mass is 292 g/mol. The third-order valence-corrected chi connectivity index (χ3v) is 4.94. The van der Waals surface area contributed by atoms with Crippen molar-refractivity contribution in [2.24, 2.45) is 5.92 Å². The quantitative estimate of drug-likeness (QED) is 0.848. The van der Waals surface area contributed by atoms with Crippen molar-refractivity contribution in [2.75, 3.05) is 13.7 Å². The second-order valence-electron chi connectivity index (χ2n) is 5.54. The van der Waals surface area contributed by atoms with Gasteiger partial charge in [0, 0.05) is 18.5 Å². The number of hydrogen-bond acceptors (Lipinski definition) is 3. The Morgan fingerprint density at radius 2 is 2.25 bits per heavy atom. The van der Waals surface area contributed by atoms with Crippen molar-refractivity contribution in [3.63, 3.8) is 0 Å². The molecule has 1 aromatic rings. The van der Waals surface area contributed by atoms with Crippen LogP contribution in [0.3, 0.4) is 0 Å². The standard InChI is InChI=1S/C15H20N2O2S/c1-5-18-11-8-6-7-10-12-9(2)15(3,19-13(10)11)17(4)14(20)16-12/h6-9,12H,5H2,1-4H3,(H,16,20). The fourth-order valence-electron chi connectivity index (χ4n) is 3.04. The van der Waals surface area contributed by atoms with E-state index in [-0.39, 0.29) is 12.0 Å². The average Bonchev–Trinajstić information content (AvgIpc) is 2.42. The number of nitrogens with zero attached hydrogens (tertiary/aromatic N) is 1. The zero-order valence-electron chi connectivity index (χ0n) is 12.3. The predicted octanol–water partition coefficient (Wildman–Crippen LogP) is 2.69. The molecule has 0 aromatic heterocycles. The molecule has 4 nitrogen and oxygen atoms in total. The van der Waals surface area contributed by atoms with Crippen LogP contribution in [0.4, 0.5) is 0 Å². The summed E-state index contributed by atoms with van der Waals surface area (Å²) in [6.07, 6.45) is 0. The van der Waals surface area contributed by atoms with E-state index in [0.29, 0.717) is 6.61 Å². The van der Waals surface area contributed by atoms with Crippen molar-refractivity contribution in [1.29, 1.82) is 0 Å². The van der Waals surface area contributed by atoms with Crippen LogP contribution in [0.15, 0.2) is 18.2 Å².